The Hall–Kier alpha value is -3.84. The van der Waals surface area contributed by atoms with Crippen molar-refractivity contribution in [2.24, 2.45) is 0 Å². The number of fused-ring (bicyclic) bond motifs is 10. The van der Waals surface area contributed by atoms with E-state index in [9.17, 15) is 0 Å². The summed E-state index contributed by atoms with van der Waals surface area (Å²) in [7, 11) is 0. The minimum absolute atomic E-state index is 0.918. The molecule has 0 amide bonds. The molecule has 0 fully saturated rings. The molecule has 1 aliphatic carbocycles. The molecule has 0 atom stereocenters. The lowest BCUT2D eigenvalue weighted by Gasteiger charge is -2.10. The first-order valence-corrected chi connectivity index (χ1v) is 10.4. The predicted octanol–water partition coefficient (Wildman–Crippen LogP) is 7.98. The van der Waals surface area contributed by atoms with Gasteiger partial charge in [-0.15, -0.1) is 0 Å². The van der Waals surface area contributed by atoms with Crippen molar-refractivity contribution < 1.29 is 4.42 Å². The predicted molar refractivity (Wildman–Crippen MR) is 125 cm³/mol. The number of benzene rings is 5. The summed E-state index contributed by atoms with van der Waals surface area (Å²) in [6.07, 6.45) is 0.918. The van der Waals surface area contributed by atoms with Crippen molar-refractivity contribution in [1.29, 1.82) is 0 Å². The molecule has 0 radical (unpaired) electrons. The maximum absolute atomic E-state index is 6.45. The van der Waals surface area contributed by atoms with Crippen LogP contribution in [0.1, 0.15) is 11.1 Å². The molecule has 0 N–H and O–H groups in total. The van der Waals surface area contributed by atoms with E-state index >= 15 is 0 Å². The van der Waals surface area contributed by atoms with Crippen molar-refractivity contribution in [3.8, 4) is 22.3 Å². The number of hydrogen-bond donors (Lipinski definition) is 0. The van der Waals surface area contributed by atoms with Gasteiger partial charge in [-0.1, -0.05) is 84.9 Å². The zero-order valence-corrected chi connectivity index (χ0v) is 16.4. The van der Waals surface area contributed by atoms with Crippen molar-refractivity contribution in [1.82, 2.24) is 0 Å². The van der Waals surface area contributed by atoms with E-state index in [0.29, 0.717) is 0 Å². The van der Waals surface area contributed by atoms with E-state index in [1.54, 1.807) is 0 Å². The van der Waals surface area contributed by atoms with Crippen molar-refractivity contribution >= 4 is 32.7 Å². The molecule has 1 heteroatoms. The van der Waals surface area contributed by atoms with Crippen LogP contribution in [-0.4, -0.2) is 0 Å². The Kier molecular flexibility index (Phi) is 3.12. The van der Waals surface area contributed by atoms with Gasteiger partial charge in [0.15, 0.2) is 0 Å². The lowest BCUT2D eigenvalue weighted by molar-refractivity contribution is 0.665. The summed E-state index contributed by atoms with van der Waals surface area (Å²) in [6, 6.07) is 34.7. The number of rotatable bonds is 1. The fourth-order valence-electron chi connectivity index (χ4n) is 5.16. The molecule has 1 heterocycles. The van der Waals surface area contributed by atoms with E-state index < -0.39 is 0 Å². The van der Waals surface area contributed by atoms with Crippen LogP contribution in [0.4, 0.5) is 0 Å². The van der Waals surface area contributed by atoms with E-state index in [4.69, 9.17) is 4.42 Å². The highest BCUT2D eigenvalue weighted by molar-refractivity contribution is 6.24. The van der Waals surface area contributed by atoms with Crippen LogP contribution in [0, 0.1) is 0 Å². The number of para-hydroxylation sites is 1. The molecule has 1 nitrogen and oxygen atoms in total. The Morgan fingerprint density at radius 1 is 0.600 bits per heavy atom. The van der Waals surface area contributed by atoms with Crippen LogP contribution in [0.2, 0.25) is 0 Å². The summed E-state index contributed by atoms with van der Waals surface area (Å²) in [5.74, 6) is 0. The molecular formula is C29H18O. The normalized spacial score (nSPS) is 12.5. The van der Waals surface area contributed by atoms with Gasteiger partial charge in [0.2, 0.25) is 0 Å². The molecule has 7 rings (SSSR count). The molecule has 1 aliphatic rings. The van der Waals surface area contributed by atoms with Gasteiger partial charge < -0.3 is 4.42 Å². The van der Waals surface area contributed by atoms with Gasteiger partial charge in [0, 0.05) is 22.8 Å². The standard InChI is InChI=1S/C29H18O/c1-2-8-18(9-3-1)19-14-15-20-17-25-27(24(20)16-19)21-10-4-5-11-22(21)28-23-12-6-7-13-26(23)30-29(25)28/h1-16H,17H2. The van der Waals surface area contributed by atoms with Gasteiger partial charge in [0.25, 0.3) is 0 Å². The van der Waals surface area contributed by atoms with Gasteiger partial charge in [-0.2, -0.15) is 0 Å². The van der Waals surface area contributed by atoms with Crippen LogP contribution in [0.3, 0.4) is 0 Å². The second-order valence-corrected chi connectivity index (χ2v) is 8.12. The van der Waals surface area contributed by atoms with Crippen LogP contribution in [-0.2, 0) is 6.42 Å². The Labute approximate surface area is 174 Å². The summed E-state index contributed by atoms with van der Waals surface area (Å²) < 4.78 is 6.45. The summed E-state index contributed by atoms with van der Waals surface area (Å²) in [6.45, 7) is 0. The maximum Gasteiger partial charge on any atom is 0.140 e. The molecule has 0 bridgehead atoms. The van der Waals surface area contributed by atoms with Crippen molar-refractivity contribution in [3.63, 3.8) is 0 Å². The summed E-state index contributed by atoms with van der Waals surface area (Å²) >= 11 is 0. The lowest BCUT2D eigenvalue weighted by atomic mass is 9.93. The number of hydrogen-bond acceptors (Lipinski definition) is 1. The van der Waals surface area contributed by atoms with Gasteiger partial charge in [0.05, 0.1) is 0 Å². The molecule has 0 aliphatic heterocycles. The van der Waals surface area contributed by atoms with E-state index in [2.05, 4.69) is 91.0 Å². The smallest absolute Gasteiger partial charge is 0.140 e. The molecule has 30 heavy (non-hydrogen) atoms. The third-order valence-corrected chi connectivity index (χ3v) is 6.49. The van der Waals surface area contributed by atoms with Crippen LogP contribution in [0.25, 0.3) is 55.0 Å². The fourth-order valence-corrected chi connectivity index (χ4v) is 5.16. The quantitative estimate of drug-likeness (QED) is 0.280. The van der Waals surface area contributed by atoms with E-state index in [-0.39, 0.29) is 0 Å². The molecule has 5 aromatic carbocycles. The second kappa shape index (κ2) is 5.84. The van der Waals surface area contributed by atoms with Gasteiger partial charge in [-0.3, -0.25) is 0 Å². The SMILES string of the molecule is c1ccc(-c2ccc3c(c2)-c2c(c4oc5ccccc5c4c4ccccc24)C3)cc1. The van der Waals surface area contributed by atoms with E-state index in [0.717, 1.165) is 17.6 Å². The van der Waals surface area contributed by atoms with Crippen molar-refractivity contribution in [2.75, 3.05) is 0 Å². The highest BCUT2D eigenvalue weighted by Crippen LogP contribution is 2.49. The zero-order chi connectivity index (χ0) is 19.7. The first-order valence-electron chi connectivity index (χ1n) is 10.4. The Morgan fingerprint density at radius 3 is 2.20 bits per heavy atom. The largest absolute Gasteiger partial charge is 0.456 e. The van der Waals surface area contributed by atoms with Gasteiger partial charge in [0.1, 0.15) is 11.2 Å². The molecule has 1 aromatic heterocycles. The van der Waals surface area contributed by atoms with Crippen molar-refractivity contribution in [3.05, 3.63) is 108 Å². The van der Waals surface area contributed by atoms with Gasteiger partial charge in [-0.25, -0.2) is 0 Å². The summed E-state index contributed by atoms with van der Waals surface area (Å²) in [5, 5.41) is 5.04. The second-order valence-electron chi connectivity index (χ2n) is 8.12. The van der Waals surface area contributed by atoms with E-state index in [1.807, 2.05) is 6.07 Å². The van der Waals surface area contributed by atoms with Gasteiger partial charge in [-0.05, 0) is 50.7 Å². The molecular weight excluding hydrogens is 364 g/mol. The first-order chi connectivity index (χ1) is 14.9. The highest BCUT2D eigenvalue weighted by Gasteiger charge is 2.27. The first kappa shape index (κ1) is 16.0. The lowest BCUT2D eigenvalue weighted by Crippen LogP contribution is -1.85. The molecule has 6 aromatic rings. The third-order valence-electron chi connectivity index (χ3n) is 6.49. The van der Waals surface area contributed by atoms with Crippen LogP contribution in [0.5, 0.6) is 0 Å². The minimum Gasteiger partial charge on any atom is -0.456 e. The number of furan rings is 1. The Morgan fingerprint density at radius 2 is 1.33 bits per heavy atom. The summed E-state index contributed by atoms with van der Waals surface area (Å²) in [5.41, 5.74) is 9.89. The fraction of sp³-hybridized carbons (Fsp3) is 0.0345. The Bertz CT molecular complexity index is 1600. The molecule has 0 saturated carbocycles. The highest BCUT2D eigenvalue weighted by atomic mass is 16.3. The molecule has 0 spiro atoms. The average molecular weight is 382 g/mol. The van der Waals surface area contributed by atoms with Crippen LogP contribution < -0.4 is 0 Å². The average Bonchev–Trinajstić information content (AvgIpc) is 3.38. The van der Waals surface area contributed by atoms with Gasteiger partial charge >= 0.3 is 0 Å². The third kappa shape index (κ3) is 2.07. The molecule has 0 saturated heterocycles. The topological polar surface area (TPSA) is 13.1 Å². The summed E-state index contributed by atoms with van der Waals surface area (Å²) in [4.78, 5) is 0. The molecule has 140 valence electrons. The van der Waals surface area contributed by atoms with Crippen LogP contribution >= 0.6 is 0 Å². The Balaban J connectivity index is 1.61. The van der Waals surface area contributed by atoms with E-state index in [1.165, 1.54) is 54.9 Å². The van der Waals surface area contributed by atoms with Crippen molar-refractivity contribution in [2.45, 2.75) is 6.42 Å². The monoisotopic (exact) mass is 382 g/mol. The van der Waals surface area contributed by atoms with Crippen LogP contribution in [0.15, 0.2) is 101 Å². The maximum atomic E-state index is 6.45. The molecule has 0 unspecified atom stereocenters. The zero-order valence-electron chi connectivity index (χ0n) is 16.4. The minimum atomic E-state index is 0.918.